The fourth-order valence-corrected chi connectivity index (χ4v) is 0.571. The molecule has 1 heterocycles. The van der Waals surface area contributed by atoms with Gasteiger partial charge in [-0.25, -0.2) is 0 Å². The Morgan fingerprint density at radius 2 is 2.42 bits per heavy atom. The maximum atomic E-state index is 10.4. The second-order valence-corrected chi connectivity index (χ2v) is 2.07. The van der Waals surface area contributed by atoms with Crippen molar-refractivity contribution in [1.29, 1.82) is 0 Å². The van der Waals surface area contributed by atoms with Gasteiger partial charge in [0.05, 0.1) is 0 Å². The van der Waals surface area contributed by atoms with E-state index >= 15 is 0 Å². The van der Waals surface area contributed by atoms with Crippen LogP contribution in [0.15, 0.2) is 4.52 Å². The van der Waals surface area contributed by atoms with Gasteiger partial charge in [-0.15, -0.1) is 0 Å². The first kappa shape index (κ1) is 8.62. The van der Waals surface area contributed by atoms with Gasteiger partial charge in [-0.05, 0) is 0 Å². The van der Waals surface area contributed by atoms with Gasteiger partial charge in [0, 0.05) is 6.54 Å². The van der Waals surface area contributed by atoms with Gasteiger partial charge in [0.2, 0.25) is 0 Å². The molecule has 0 aromatic carbocycles. The monoisotopic (exact) mass is 172 g/mol. The van der Waals surface area contributed by atoms with Gasteiger partial charge in [-0.3, -0.25) is 4.79 Å². The Bertz CT molecular complexity index is 284. The van der Waals surface area contributed by atoms with Crippen LogP contribution in [0, 0.1) is 0 Å². The lowest BCUT2D eigenvalue weighted by Crippen LogP contribution is -2.14. The zero-order chi connectivity index (χ0) is 9.14. The Morgan fingerprint density at radius 1 is 1.75 bits per heavy atom. The summed E-state index contributed by atoms with van der Waals surface area (Å²) in [6.07, 6.45) is -1.05. The van der Waals surface area contributed by atoms with Crippen molar-refractivity contribution in [3.63, 3.8) is 0 Å². The van der Waals surface area contributed by atoms with Gasteiger partial charge in [-0.1, -0.05) is 5.16 Å². The van der Waals surface area contributed by atoms with E-state index in [0.717, 1.165) is 0 Å². The molecule has 1 aromatic rings. The third kappa shape index (κ3) is 1.57. The molecule has 0 aliphatic rings. The van der Waals surface area contributed by atoms with E-state index in [2.05, 4.69) is 14.7 Å². The summed E-state index contributed by atoms with van der Waals surface area (Å²) in [5.41, 5.74) is 9.93. The van der Waals surface area contributed by atoms with Crippen LogP contribution in [0.2, 0.25) is 0 Å². The van der Waals surface area contributed by atoms with Crippen LogP contribution in [-0.2, 0) is 0 Å². The summed E-state index contributed by atoms with van der Waals surface area (Å²) in [4.78, 5) is 13.9. The van der Waals surface area contributed by atoms with Crippen LogP contribution < -0.4 is 11.5 Å². The van der Waals surface area contributed by atoms with Gasteiger partial charge in [0.1, 0.15) is 6.10 Å². The highest BCUT2D eigenvalue weighted by Crippen LogP contribution is 2.07. The summed E-state index contributed by atoms with van der Waals surface area (Å²) < 4.78 is 4.49. The summed E-state index contributed by atoms with van der Waals surface area (Å²) in [6.45, 7) is -0.0552. The van der Waals surface area contributed by atoms with Gasteiger partial charge >= 0.3 is 0 Å². The normalized spacial score (nSPS) is 12.8. The SMILES string of the molecule is NCC(O)c1nc(C(N)=O)no1. The van der Waals surface area contributed by atoms with E-state index in [1.54, 1.807) is 0 Å². The second-order valence-electron chi connectivity index (χ2n) is 2.07. The molecular formula is C5H8N4O3. The molecule has 66 valence electrons. The minimum Gasteiger partial charge on any atom is -0.382 e. The molecular weight excluding hydrogens is 164 g/mol. The number of nitrogens with zero attached hydrogens (tertiary/aromatic N) is 2. The van der Waals surface area contributed by atoms with E-state index in [4.69, 9.17) is 16.6 Å². The van der Waals surface area contributed by atoms with Crippen molar-refractivity contribution < 1.29 is 14.4 Å². The molecule has 0 saturated heterocycles. The first-order valence-corrected chi connectivity index (χ1v) is 3.16. The summed E-state index contributed by atoms with van der Waals surface area (Å²) >= 11 is 0. The van der Waals surface area contributed by atoms with Crippen molar-refractivity contribution in [1.82, 2.24) is 10.1 Å². The average Bonchev–Trinajstić information content (AvgIpc) is 2.51. The number of nitrogens with two attached hydrogens (primary N) is 2. The summed E-state index contributed by atoms with van der Waals surface area (Å²) in [7, 11) is 0. The maximum absolute atomic E-state index is 10.4. The molecule has 7 heteroatoms. The molecule has 0 radical (unpaired) electrons. The Kier molecular flexibility index (Phi) is 2.36. The van der Waals surface area contributed by atoms with E-state index in [-0.39, 0.29) is 18.3 Å². The molecule has 12 heavy (non-hydrogen) atoms. The largest absolute Gasteiger partial charge is 0.382 e. The van der Waals surface area contributed by atoms with Gasteiger partial charge in [0.15, 0.2) is 0 Å². The molecule has 5 N–H and O–H groups in total. The van der Waals surface area contributed by atoms with E-state index < -0.39 is 12.0 Å². The lowest BCUT2D eigenvalue weighted by atomic mass is 10.4. The molecule has 1 unspecified atom stereocenters. The minimum absolute atomic E-state index is 0.0552. The number of hydrogen-bond acceptors (Lipinski definition) is 6. The first-order chi connectivity index (χ1) is 5.65. The number of hydrogen-bond donors (Lipinski definition) is 3. The quantitative estimate of drug-likeness (QED) is 0.491. The summed E-state index contributed by atoms with van der Waals surface area (Å²) in [5, 5.41) is 12.3. The molecule has 0 spiro atoms. The van der Waals surface area contributed by atoms with Crippen molar-refractivity contribution in [3.05, 3.63) is 11.7 Å². The van der Waals surface area contributed by atoms with Crippen LogP contribution in [-0.4, -0.2) is 27.7 Å². The number of rotatable bonds is 3. The van der Waals surface area contributed by atoms with Crippen molar-refractivity contribution in [2.75, 3.05) is 6.54 Å². The average molecular weight is 172 g/mol. The standard InChI is InChI=1S/C5H8N4O3/c6-1-2(10)5-8-4(3(7)11)9-12-5/h2,10H,1,6H2,(H2,7,11). The van der Waals surface area contributed by atoms with Crippen LogP contribution in [0.25, 0.3) is 0 Å². The molecule has 1 amide bonds. The minimum atomic E-state index is -1.05. The van der Waals surface area contributed by atoms with Gasteiger partial charge in [-0.2, -0.15) is 4.98 Å². The number of aromatic nitrogens is 2. The predicted molar refractivity (Wildman–Crippen MR) is 36.8 cm³/mol. The zero-order valence-electron chi connectivity index (χ0n) is 6.10. The highest BCUT2D eigenvalue weighted by Gasteiger charge is 2.16. The lowest BCUT2D eigenvalue weighted by molar-refractivity contribution is 0.0987. The third-order valence-electron chi connectivity index (χ3n) is 1.17. The number of aliphatic hydroxyl groups excluding tert-OH is 1. The van der Waals surface area contributed by atoms with E-state index in [1.165, 1.54) is 0 Å². The topological polar surface area (TPSA) is 128 Å². The van der Waals surface area contributed by atoms with Crippen LogP contribution in [0.4, 0.5) is 0 Å². The highest BCUT2D eigenvalue weighted by atomic mass is 16.5. The number of carbonyl (C=O) groups excluding carboxylic acids is 1. The molecule has 0 saturated carbocycles. The smallest absolute Gasteiger partial charge is 0.290 e. The summed E-state index contributed by atoms with van der Waals surface area (Å²) in [5.74, 6) is -1.18. The lowest BCUT2D eigenvalue weighted by Gasteiger charge is -1.97. The predicted octanol–water partition coefficient (Wildman–Crippen LogP) is -1.84. The number of primary amides is 1. The molecule has 1 atom stereocenters. The molecule has 1 rings (SSSR count). The number of aliphatic hydroxyl groups is 1. The van der Waals surface area contributed by atoms with E-state index in [0.29, 0.717) is 0 Å². The Hall–Kier alpha value is -1.47. The Labute approximate surface area is 67.3 Å². The van der Waals surface area contributed by atoms with Crippen molar-refractivity contribution in [3.8, 4) is 0 Å². The van der Waals surface area contributed by atoms with Crippen LogP contribution in [0.1, 0.15) is 22.6 Å². The molecule has 0 fully saturated rings. The van der Waals surface area contributed by atoms with Crippen LogP contribution >= 0.6 is 0 Å². The maximum Gasteiger partial charge on any atom is 0.290 e. The molecule has 7 nitrogen and oxygen atoms in total. The van der Waals surface area contributed by atoms with Crippen LogP contribution in [0.5, 0.6) is 0 Å². The van der Waals surface area contributed by atoms with Gasteiger partial charge in [0.25, 0.3) is 17.6 Å². The molecule has 0 aliphatic carbocycles. The van der Waals surface area contributed by atoms with Crippen LogP contribution in [0.3, 0.4) is 0 Å². The van der Waals surface area contributed by atoms with E-state index in [1.807, 2.05) is 0 Å². The second kappa shape index (κ2) is 3.28. The Balaban J connectivity index is 2.84. The Morgan fingerprint density at radius 3 is 2.83 bits per heavy atom. The zero-order valence-corrected chi connectivity index (χ0v) is 6.10. The third-order valence-corrected chi connectivity index (χ3v) is 1.17. The fraction of sp³-hybridized carbons (Fsp3) is 0.400. The molecule has 1 aromatic heterocycles. The van der Waals surface area contributed by atoms with Crippen molar-refractivity contribution in [2.24, 2.45) is 11.5 Å². The van der Waals surface area contributed by atoms with Crippen molar-refractivity contribution >= 4 is 5.91 Å². The number of carbonyl (C=O) groups is 1. The van der Waals surface area contributed by atoms with Gasteiger partial charge < -0.3 is 21.1 Å². The highest BCUT2D eigenvalue weighted by molar-refractivity contribution is 5.88. The molecule has 0 bridgehead atoms. The number of amides is 1. The first-order valence-electron chi connectivity index (χ1n) is 3.16. The fourth-order valence-electron chi connectivity index (χ4n) is 0.571. The molecule has 0 aliphatic heterocycles. The summed E-state index contributed by atoms with van der Waals surface area (Å²) in [6, 6.07) is 0. The van der Waals surface area contributed by atoms with E-state index in [9.17, 15) is 4.79 Å². The van der Waals surface area contributed by atoms with Crippen molar-refractivity contribution in [2.45, 2.75) is 6.10 Å².